The van der Waals surface area contributed by atoms with Gasteiger partial charge in [-0.3, -0.25) is 4.79 Å². The molecular formula is C21H22ClNO2S. The molecule has 2 saturated heterocycles. The summed E-state index contributed by atoms with van der Waals surface area (Å²) in [7, 11) is 0. The lowest BCUT2D eigenvalue weighted by atomic mass is 9.73. The number of ether oxygens (including phenoxy) is 1. The molecule has 136 valence electrons. The van der Waals surface area contributed by atoms with Gasteiger partial charge in [0.2, 0.25) is 5.91 Å². The Hall–Kier alpha value is -1.49. The molecule has 2 heterocycles. The summed E-state index contributed by atoms with van der Waals surface area (Å²) < 4.78 is 5.59. The van der Waals surface area contributed by atoms with Crippen molar-refractivity contribution in [1.29, 1.82) is 0 Å². The van der Waals surface area contributed by atoms with E-state index in [-0.39, 0.29) is 11.3 Å². The number of carbonyl (C=O) groups is 1. The van der Waals surface area contributed by atoms with Gasteiger partial charge in [0.25, 0.3) is 0 Å². The van der Waals surface area contributed by atoms with Gasteiger partial charge in [-0.15, -0.1) is 11.8 Å². The maximum Gasteiger partial charge on any atom is 0.234 e. The minimum absolute atomic E-state index is 0.0585. The van der Waals surface area contributed by atoms with Crippen molar-refractivity contribution in [2.45, 2.75) is 23.6 Å². The van der Waals surface area contributed by atoms with Gasteiger partial charge in [0.15, 0.2) is 0 Å². The third kappa shape index (κ3) is 3.26. The standard InChI is InChI=1S/C21H22ClNO2S/c22-18-8-6-16(7-9-18)19-23(12-15-26-19)20(24)21(10-13-25-14-11-21)17-4-2-1-3-5-17/h1-9,19H,10-15H2. The van der Waals surface area contributed by atoms with Crippen molar-refractivity contribution >= 4 is 29.3 Å². The summed E-state index contributed by atoms with van der Waals surface area (Å²) in [6.07, 6.45) is 1.48. The van der Waals surface area contributed by atoms with Crippen molar-refractivity contribution in [3.05, 3.63) is 70.7 Å². The quantitative estimate of drug-likeness (QED) is 0.766. The first-order valence-corrected chi connectivity index (χ1v) is 10.4. The summed E-state index contributed by atoms with van der Waals surface area (Å²) in [6, 6.07) is 18.1. The van der Waals surface area contributed by atoms with Crippen LogP contribution in [0, 0.1) is 0 Å². The topological polar surface area (TPSA) is 29.5 Å². The summed E-state index contributed by atoms with van der Waals surface area (Å²) in [5.41, 5.74) is 1.77. The van der Waals surface area contributed by atoms with Crippen LogP contribution < -0.4 is 0 Å². The van der Waals surface area contributed by atoms with E-state index >= 15 is 0 Å². The third-order valence-electron chi connectivity index (χ3n) is 5.39. The van der Waals surface area contributed by atoms with Crippen LogP contribution in [0.1, 0.15) is 29.3 Å². The average Bonchev–Trinajstić information content (AvgIpc) is 3.19. The number of hydrogen-bond donors (Lipinski definition) is 0. The fourth-order valence-corrected chi connectivity index (χ4v) is 5.34. The highest BCUT2D eigenvalue weighted by Gasteiger charge is 2.46. The van der Waals surface area contributed by atoms with Crippen LogP contribution in [0.2, 0.25) is 5.02 Å². The Balaban J connectivity index is 1.68. The maximum absolute atomic E-state index is 13.8. The largest absolute Gasteiger partial charge is 0.381 e. The number of nitrogens with zero attached hydrogens (tertiary/aromatic N) is 1. The zero-order chi connectivity index (χ0) is 18.0. The predicted molar refractivity (Wildman–Crippen MR) is 107 cm³/mol. The number of hydrogen-bond acceptors (Lipinski definition) is 3. The number of rotatable bonds is 3. The van der Waals surface area contributed by atoms with Gasteiger partial charge >= 0.3 is 0 Å². The highest BCUT2D eigenvalue weighted by Crippen LogP contribution is 2.44. The van der Waals surface area contributed by atoms with Gasteiger partial charge in [-0.1, -0.05) is 54.1 Å². The van der Waals surface area contributed by atoms with E-state index in [2.05, 4.69) is 17.0 Å². The van der Waals surface area contributed by atoms with E-state index in [1.165, 1.54) is 0 Å². The summed E-state index contributed by atoms with van der Waals surface area (Å²) in [4.78, 5) is 15.9. The minimum Gasteiger partial charge on any atom is -0.381 e. The van der Waals surface area contributed by atoms with E-state index in [0.29, 0.717) is 13.2 Å². The Kier molecular flexibility index (Phi) is 5.25. The Morgan fingerprint density at radius 1 is 1.08 bits per heavy atom. The molecule has 0 saturated carbocycles. The van der Waals surface area contributed by atoms with Gasteiger partial charge in [0.05, 0.1) is 5.41 Å². The normalized spacial score (nSPS) is 22.3. The fourth-order valence-electron chi connectivity index (χ4n) is 3.96. The second-order valence-corrected chi connectivity index (χ2v) is 8.46. The van der Waals surface area contributed by atoms with E-state index in [0.717, 1.165) is 41.3 Å². The molecule has 0 bridgehead atoms. The molecular weight excluding hydrogens is 366 g/mol. The van der Waals surface area contributed by atoms with Gasteiger partial charge in [-0.25, -0.2) is 0 Å². The Morgan fingerprint density at radius 3 is 2.46 bits per heavy atom. The highest BCUT2D eigenvalue weighted by molar-refractivity contribution is 7.99. The number of carbonyl (C=O) groups excluding carboxylic acids is 1. The monoisotopic (exact) mass is 387 g/mol. The van der Waals surface area contributed by atoms with Gasteiger partial charge in [-0.05, 0) is 36.1 Å². The van der Waals surface area contributed by atoms with Crippen molar-refractivity contribution in [2.75, 3.05) is 25.5 Å². The number of amides is 1. The molecule has 0 spiro atoms. The first-order chi connectivity index (χ1) is 12.7. The van der Waals surface area contributed by atoms with E-state index < -0.39 is 5.41 Å². The van der Waals surface area contributed by atoms with Crippen LogP contribution in [0.5, 0.6) is 0 Å². The average molecular weight is 388 g/mol. The number of benzene rings is 2. The van der Waals surface area contributed by atoms with Crippen molar-refractivity contribution in [3.63, 3.8) is 0 Å². The molecule has 0 aromatic heterocycles. The smallest absolute Gasteiger partial charge is 0.234 e. The van der Waals surface area contributed by atoms with E-state index in [1.807, 2.05) is 54.2 Å². The summed E-state index contributed by atoms with van der Waals surface area (Å²) in [5, 5.41) is 0.781. The van der Waals surface area contributed by atoms with Crippen LogP contribution >= 0.6 is 23.4 Å². The van der Waals surface area contributed by atoms with Crippen LogP contribution in [-0.2, 0) is 14.9 Å². The Bertz CT molecular complexity index is 759. The molecule has 26 heavy (non-hydrogen) atoms. The lowest BCUT2D eigenvalue weighted by Gasteiger charge is -2.40. The van der Waals surface area contributed by atoms with Gasteiger partial charge < -0.3 is 9.64 Å². The number of halogens is 1. The molecule has 4 rings (SSSR count). The highest BCUT2D eigenvalue weighted by atomic mass is 35.5. The van der Waals surface area contributed by atoms with E-state index in [4.69, 9.17) is 16.3 Å². The minimum atomic E-state index is -0.477. The fraction of sp³-hybridized carbons (Fsp3) is 0.381. The molecule has 2 aromatic rings. The lowest BCUT2D eigenvalue weighted by Crippen LogP contribution is -2.49. The second kappa shape index (κ2) is 7.63. The molecule has 2 aliphatic heterocycles. The van der Waals surface area contributed by atoms with Gasteiger partial charge in [0.1, 0.15) is 5.37 Å². The zero-order valence-corrected chi connectivity index (χ0v) is 16.1. The van der Waals surface area contributed by atoms with Crippen molar-refractivity contribution in [2.24, 2.45) is 0 Å². The molecule has 0 radical (unpaired) electrons. The molecule has 2 fully saturated rings. The van der Waals surface area contributed by atoms with E-state index in [9.17, 15) is 4.79 Å². The van der Waals surface area contributed by atoms with Crippen molar-refractivity contribution in [3.8, 4) is 0 Å². The molecule has 1 amide bonds. The molecule has 1 atom stereocenters. The molecule has 0 N–H and O–H groups in total. The third-order valence-corrected chi connectivity index (χ3v) is 6.90. The molecule has 3 nitrogen and oxygen atoms in total. The summed E-state index contributed by atoms with van der Waals surface area (Å²) in [6.45, 7) is 2.05. The van der Waals surface area contributed by atoms with Crippen molar-refractivity contribution < 1.29 is 9.53 Å². The first-order valence-electron chi connectivity index (χ1n) is 9.02. The van der Waals surface area contributed by atoms with Crippen LogP contribution in [0.3, 0.4) is 0 Å². The molecule has 1 unspecified atom stereocenters. The lowest BCUT2D eigenvalue weighted by molar-refractivity contribution is -0.141. The maximum atomic E-state index is 13.8. The second-order valence-electron chi connectivity index (χ2n) is 6.83. The molecule has 2 aliphatic rings. The SMILES string of the molecule is O=C(N1CCSC1c1ccc(Cl)cc1)C1(c2ccccc2)CCOCC1. The van der Waals surface area contributed by atoms with Crippen LogP contribution in [0.4, 0.5) is 0 Å². The Morgan fingerprint density at radius 2 is 1.77 bits per heavy atom. The van der Waals surface area contributed by atoms with Crippen LogP contribution in [-0.4, -0.2) is 36.3 Å². The van der Waals surface area contributed by atoms with Gasteiger partial charge in [-0.2, -0.15) is 0 Å². The Labute approximate surface area is 163 Å². The first kappa shape index (κ1) is 17.9. The predicted octanol–water partition coefficient (Wildman–Crippen LogP) is 4.66. The molecule has 2 aromatic carbocycles. The summed E-state index contributed by atoms with van der Waals surface area (Å²) >= 11 is 7.87. The zero-order valence-electron chi connectivity index (χ0n) is 14.6. The van der Waals surface area contributed by atoms with Gasteiger partial charge in [0, 0.05) is 30.5 Å². The van der Waals surface area contributed by atoms with Crippen molar-refractivity contribution in [1.82, 2.24) is 4.90 Å². The van der Waals surface area contributed by atoms with Crippen LogP contribution in [0.25, 0.3) is 0 Å². The summed E-state index contributed by atoms with van der Waals surface area (Å²) in [5.74, 6) is 1.19. The molecule has 5 heteroatoms. The molecule has 0 aliphatic carbocycles. The van der Waals surface area contributed by atoms with Crippen LogP contribution in [0.15, 0.2) is 54.6 Å². The van der Waals surface area contributed by atoms with E-state index in [1.54, 1.807) is 0 Å². The number of thioether (sulfide) groups is 1.